The zero-order valence-electron chi connectivity index (χ0n) is 25.2. The van der Waals surface area contributed by atoms with Crippen LogP contribution in [0.25, 0.3) is 0 Å². The predicted octanol–water partition coefficient (Wildman–Crippen LogP) is 6.92. The van der Waals surface area contributed by atoms with Crippen molar-refractivity contribution in [1.29, 1.82) is 0 Å². The molecule has 1 fully saturated rings. The number of rotatable bonds is 12. The van der Waals surface area contributed by atoms with Crippen molar-refractivity contribution in [1.82, 2.24) is 10.6 Å². The quantitative estimate of drug-likeness (QED) is 0.145. The van der Waals surface area contributed by atoms with Crippen molar-refractivity contribution in [2.45, 2.75) is 41.9 Å². The Bertz CT molecular complexity index is 1490. The molecule has 0 radical (unpaired) electrons. The first-order valence-corrected chi connectivity index (χ1v) is 16.4. The number of thioether (sulfide) groups is 1. The Hall–Kier alpha value is -3.82. The Morgan fingerprint density at radius 1 is 0.889 bits per heavy atom. The topological polar surface area (TPSA) is 88.7 Å². The van der Waals surface area contributed by atoms with Crippen molar-refractivity contribution in [3.05, 3.63) is 131 Å². The van der Waals surface area contributed by atoms with Crippen molar-refractivity contribution in [3.8, 4) is 0 Å². The Balaban J connectivity index is 1.27. The van der Waals surface area contributed by atoms with Crippen molar-refractivity contribution in [2.75, 3.05) is 31.3 Å². The molecule has 0 saturated carbocycles. The standard InChI is InChI=1S/C36H38ClN3O4S/c1-43-36(42)40-34(33(26-11-4-2-5-12-26)27-13-6-3-7-14-27)35(41)39-32-15-9-8-10-25(32)16-19-29-22-38-23-30(44-29)24-45-31-20-17-28(37)18-21-31/h2-15,17-18,20-21,29-30,33-34,38H,16,19,22-24H2,1H3,(H,39,41)(H,40,42)/t29-,30+,34?/m1/s1. The van der Waals surface area contributed by atoms with Crippen LogP contribution in [0.15, 0.2) is 114 Å². The summed E-state index contributed by atoms with van der Waals surface area (Å²) in [4.78, 5) is 27.7. The number of nitrogens with one attached hydrogen (secondary N) is 3. The van der Waals surface area contributed by atoms with Crippen molar-refractivity contribution >= 4 is 41.1 Å². The number of halogens is 1. The summed E-state index contributed by atoms with van der Waals surface area (Å²) in [5.41, 5.74) is 3.51. The highest BCUT2D eigenvalue weighted by molar-refractivity contribution is 7.99. The van der Waals surface area contributed by atoms with Crippen molar-refractivity contribution in [3.63, 3.8) is 0 Å². The molecule has 45 heavy (non-hydrogen) atoms. The summed E-state index contributed by atoms with van der Waals surface area (Å²) in [5.74, 6) is 0.0690. The summed E-state index contributed by atoms with van der Waals surface area (Å²) >= 11 is 7.78. The highest BCUT2D eigenvalue weighted by Gasteiger charge is 2.33. The highest BCUT2D eigenvalue weighted by Crippen LogP contribution is 2.30. The molecule has 1 saturated heterocycles. The van der Waals surface area contributed by atoms with E-state index >= 15 is 0 Å². The number of morpholine rings is 1. The van der Waals surface area contributed by atoms with Gasteiger partial charge in [0.15, 0.2) is 0 Å². The van der Waals surface area contributed by atoms with Crippen LogP contribution in [0.4, 0.5) is 10.5 Å². The fraction of sp³-hybridized carbons (Fsp3) is 0.278. The van der Waals surface area contributed by atoms with Crippen LogP contribution in [0.5, 0.6) is 0 Å². The maximum atomic E-state index is 14.0. The molecule has 0 aliphatic carbocycles. The lowest BCUT2D eigenvalue weighted by molar-refractivity contribution is -0.118. The molecule has 1 unspecified atom stereocenters. The lowest BCUT2D eigenvalue weighted by Gasteiger charge is -2.31. The third kappa shape index (κ3) is 9.34. The lowest BCUT2D eigenvalue weighted by Crippen LogP contribution is -2.48. The van der Waals surface area contributed by atoms with Crippen LogP contribution in [0.2, 0.25) is 5.02 Å². The number of methoxy groups -OCH3 is 1. The SMILES string of the molecule is COC(=O)NC(C(=O)Nc1ccccc1CC[C@@H]1CNC[C@@H](CSc2ccc(Cl)cc2)O1)C(c1ccccc1)c1ccccc1. The minimum Gasteiger partial charge on any atom is -0.453 e. The fourth-order valence-electron chi connectivity index (χ4n) is 5.53. The maximum absolute atomic E-state index is 14.0. The fourth-order valence-corrected chi connectivity index (χ4v) is 6.56. The Labute approximate surface area is 274 Å². The number of para-hydroxylation sites is 1. The van der Waals surface area contributed by atoms with Gasteiger partial charge >= 0.3 is 6.09 Å². The largest absolute Gasteiger partial charge is 0.453 e. The Morgan fingerprint density at radius 2 is 1.51 bits per heavy atom. The molecule has 234 valence electrons. The number of carbonyl (C=O) groups is 2. The van der Waals surface area contributed by atoms with Crippen LogP contribution in [0, 0.1) is 0 Å². The van der Waals surface area contributed by atoms with Gasteiger partial charge in [-0.3, -0.25) is 4.79 Å². The molecule has 0 aromatic heterocycles. The molecular formula is C36H38ClN3O4S. The second kappa shape index (κ2) is 16.5. The second-order valence-corrected chi connectivity index (χ2v) is 12.4. The minimum absolute atomic E-state index is 0.0487. The van der Waals surface area contributed by atoms with E-state index in [1.54, 1.807) is 11.8 Å². The molecular weight excluding hydrogens is 606 g/mol. The van der Waals surface area contributed by atoms with E-state index in [-0.39, 0.29) is 18.1 Å². The van der Waals surface area contributed by atoms with Gasteiger partial charge in [-0.15, -0.1) is 11.8 Å². The van der Waals surface area contributed by atoms with Gasteiger partial charge in [0.05, 0.1) is 19.3 Å². The van der Waals surface area contributed by atoms with E-state index in [0.717, 1.165) is 58.3 Å². The molecule has 7 nitrogen and oxygen atoms in total. The monoisotopic (exact) mass is 643 g/mol. The molecule has 1 heterocycles. The highest BCUT2D eigenvalue weighted by atomic mass is 35.5. The molecule has 3 atom stereocenters. The molecule has 4 aromatic carbocycles. The molecule has 0 bridgehead atoms. The van der Waals surface area contributed by atoms with E-state index in [4.69, 9.17) is 21.1 Å². The van der Waals surface area contributed by atoms with Crippen LogP contribution in [-0.4, -0.2) is 56.2 Å². The van der Waals surface area contributed by atoms with Crippen molar-refractivity contribution in [2.24, 2.45) is 0 Å². The summed E-state index contributed by atoms with van der Waals surface area (Å²) in [7, 11) is 1.29. The number of benzene rings is 4. The van der Waals surface area contributed by atoms with E-state index in [2.05, 4.69) is 16.0 Å². The Morgan fingerprint density at radius 3 is 2.18 bits per heavy atom. The first-order valence-electron chi connectivity index (χ1n) is 15.1. The first kappa shape index (κ1) is 32.6. The summed E-state index contributed by atoms with van der Waals surface area (Å²) in [6, 6.07) is 34.1. The number of aryl methyl sites for hydroxylation is 1. The maximum Gasteiger partial charge on any atom is 0.407 e. The van der Waals surface area contributed by atoms with Gasteiger partial charge in [0.2, 0.25) is 5.91 Å². The number of alkyl carbamates (subject to hydrolysis) is 1. The van der Waals surface area contributed by atoms with Crippen LogP contribution in [0.3, 0.4) is 0 Å². The minimum atomic E-state index is -0.930. The van der Waals surface area contributed by atoms with E-state index < -0.39 is 18.1 Å². The van der Waals surface area contributed by atoms with Gasteiger partial charge in [-0.25, -0.2) is 4.79 Å². The van der Waals surface area contributed by atoms with Gasteiger partial charge in [-0.05, 0) is 59.9 Å². The molecule has 3 N–H and O–H groups in total. The second-order valence-electron chi connectivity index (χ2n) is 10.9. The normalized spacial score (nSPS) is 17.0. The van der Waals surface area contributed by atoms with Crippen LogP contribution >= 0.6 is 23.4 Å². The zero-order chi connectivity index (χ0) is 31.4. The number of hydrogen-bond donors (Lipinski definition) is 3. The predicted molar refractivity (Wildman–Crippen MR) is 181 cm³/mol. The summed E-state index contributed by atoms with van der Waals surface area (Å²) in [6.45, 7) is 1.58. The number of hydrogen-bond acceptors (Lipinski definition) is 6. The number of amides is 2. The summed E-state index contributed by atoms with van der Waals surface area (Å²) < 4.78 is 11.4. The number of carbonyl (C=O) groups excluding carboxylic acids is 2. The molecule has 1 aliphatic heterocycles. The van der Waals surface area contributed by atoms with Crippen LogP contribution < -0.4 is 16.0 Å². The number of anilines is 1. The van der Waals surface area contributed by atoms with Gasteiger partial charge < -0.3 is 25.4 Å². The lowest BCUT2D eigenvalue weighted by atomic mass is 9.84. The average Bonchev–Trinajstić information content (AvgIpc) is 3.08. The molecule has 9 heteroatoms. The molecule has 1 aliphatic rings. The van der Waals surface area contributed by atoms with E-state index in [1.807, 2.05) is 109 Å². The van der Waals surface area contributed by atoms with Crippen molar-refractivity contribution < 1.29 is 19.1 Å². The molecule has 5 rings (SSSR count). The molecule has 0 spiro atoms. The van der Waals surface area contributed by atoms with Gasteiger partial charge in [0, 0.05) is 40.4 Å². The third-order valence-corrected chi connectivity index (χ3v) is 9.18. The van der Waals surface area contributed by atoms with E-state index in [9.17, 15) is 9.59 Å². The van der Waals surface area contributed by atoms with Gasteiger partial charge in [0.25, 0.3) is 0 Å². The molecule has 2 amide bonds. The van der Waals surface area contributed by atoms with Crippen LogP contribution in [-0.2, 0) is 20.7 Å². The Kier molecular flexibility index (Phi) is 11.9. The van der Waals surface area contributed by atoms with Gasteiger partial charge in [0.1, 0.15) is 6.04 Å². The molecule has 4 aromatic rings. The van der Waals surface area contributed by atoms with Gasteiger partial charge in [-0.1, -0.05) is 90.5 Å². The smallest absolute Gasteiger partial charge is 0.407 e. The average molecular weight is 644 g/mol. The summed E-state index contributed by atoms with van der Waals surface area (Å²) in [6.07, 6.45) is 0.981. The summed E-state index contributed by atoms with van der Waals surface area (Å²) in [5, 5.41) is 10.2. The third-order valence-electron chi connectivity index (χ3n) is 7.78. The van der Waals surface area contributed by atoms with Crippen LogP contribution in [0.1, 0.15) is 29.0 Å². The zero-order valence-corrected chi connectivity index (χ0v) is 26.7. The van der Waals surface area contributed by atoms with E-state index in [0.29, 0.717) is 5.69 Å². The number of ether oxygens (including phenoxy) is 2. The van der Waals surface area contributed by atoms with Gasteiger partial charge in [-0.2, -0.15) is 0 Å². The van der Waals surface area contributed by atoms with E-state index in [1.165, 1.54) is 7.11 Å². The first-order chi connectivity index (χ1) is 22.0.